The fraction of sp³-hybridized carbons (Fsp3) is 0.417. The van der Waals surface area contributed by atoms with E-state index in [1.165, 1.54) is 0 Å². The predicted octanol–water partition coefficient (Wildman–Crippen LogP) is 4.05. The number of benzene rings is 1. The fourth-order valence-electron chi connectivity index (χ4n) is 1.31. The number of halogens is 2. The minimum absolute atomic E-state index is 0.109. The van der Waals surface area contributed by atoms with Crippen LogP contribution in [0.1, 0.15) is 20.3 Å². The van der Waals surface area contributed by atoms with Crippen molar-refractivity contribution in [2.45, 2.75) is 25.5 Å². The number of nitrogens with two attached hydrogens (primary N) is 1. The van der Waals surface area contributed by atoms with Gasteiger partial charge in [0.15, 0.2) is 0 Å². The SMILES string of the molecule is CCCSC(C)C(=O)Nc1c(Cl)cc(N)cc1Cl. The van der Waals surface area contributed by atoms with Gasteiger partial charge in [-0.2, -0.15) is 0 Å². The number of hydrogen-bond donors (Lipinski definition) is 2. The van der Waals surface area contributed by atoms with Crippen molar-refractivity contribution >= 4 is 52.2 Å². The average molecular weight is 307 g/mol. The van der Waals surface area contributed by atoms with Gasteiger partial charge >= 0.3 is 0 Å². The van der Waals surface area contributed by atoms with Gasteiger partial charge < -0.3 is 11.1 Å². The first-order valence-corrected chi connectivity index (χ1v) is 7.43. The van der Waals surface area contributed by atoms with E-state index in [4.69, 9.17) is 28.9 Å². The number of rotatable bonds is 5. The summed E-state index contributed by atoms with van der Waals surface area (Å²) in [6, 6.07) is 3.12. The summed E-state index contributed by atoms with van der Waals surface area (Å²) in [5.74, 6) is 0.833. The molecule has 1 rings (SSSR count). The molecule has 18 heavy (non-hydrogen) atoms. The minimum Gasteiger partial charge on any atom is -0.399 e. The Bertz CT molecular complexity index is 417. The zero-order valence-electron chi connectivity index (χ0n) is 10.3. The van der Waals surface area contributed by atoms with Crippen LogP contribution in [0.4, 0.5) is 11.4 Å². The average Bonchev–Trinajstić information content (AvgIpc) is 2.30. The van der Waals surface area contributed by atoms with Crippen molar-refractivity contribution in [1.82, 2.24) is 0 Å². The van der Waals surface area contributed by atoms with Gasteiger partial charge in [-0.1, -0.05) is 30.1 Å². The molecule has 1 atom stereocenters. The first kappa shape index (κ1) is 15.5. The van der Waals surface area contributed by atoms with Gasteiger partial charge in [0.1, 0.15) is 0 Å². The summed E-state index contributed by atoms with van der Waals surface area (Å²) in [6.07, 6.45) is 1.03. The second-order valence-electron chi connectivity index (χ2n) is 3.86. The van der Waals surface area contributed by atoms with Crippen LogP contribution in [0.2, 0.25) is 10.0 Å². The van der Waals surface area contributed by atoms with Crippen LogP contribution in [0.5, 0.6) is 0 Å². The maximum absolute atomic E-state index is 11.9. The van der Waals surface area contributed by atoms with E-state index in [0.717, 1.165) is 12.2 Å². The molecule has 0 radical (unpaired) electrons. The van der Waals surface area contributed by atoms with E-state index in [1.807, 2.05) is 6.92 Å². The zero-order chi connectivity index (χ0) is 13.7. The summed E-state index contributed by atoms with van der Waals surface area (Å²) in [6.45, 7) is 3.93. The Morgan fingerprint density at radius 1 is 1.44 bits per heavy atom. The third-order valence-corrected chi connectivity index (χ3v) is 4.21. The van der Waals surface area contributed by atoms with Crippen LogP contribution in [0, 0.1) is 0 Å². The summed E-state index contributed by atoms with van der Waals surface area (Å²) >= 11 is 13.6. The Morgan fingerprint density at radius 3 is 2.50 bits per heavy atom. The smallest absolute Gasteiger partial charge is 0.237 e. The molecule has 1 aromatic rings. The molecule has 3 nitrogen and oxygen atoms in total. The summed E-state index contributed by atoms with van der Waals surface area (Å²) in [4.78, 5) is 11.9. The molecule has 0 spiro atoms. The van der Waals surface area contributed by atoms with Crippen molar-refractivity contribution in [3.05, 3.63) is 22.2 Å². The molecule has 100 valence electrons. The highest BCUT2D eigenvalue weighted by Crippen LogP contribution is 2.33. The van der Waals surface area contributed by atoms with Crippen molar-refractivity contribution in [2.24, 2.45) is 0 Å². The summed E-state index contributed by atoms with van der Waals surface area (Å²) in [7, 11) is 0. The Morgan fingerprint density at radius 2 is 2.00 bits per heavy atom. The van der Waals surface area contributed by atoms with E-state index < -0.39 is 0 Å². The van der Waals surface area contributed by atoms with E-state index >= 15 is 0 Å². The summed E-state index contributed by atoms with van der Waals surface area (Å²) in [5.41, 5.74) is 6.49. The van der Waals surface area contributed by atoms with Crippen LogP contribution >= 0.6 is 35.0 Å². The third kappa shape index (κ3) is 4.26. The number of nitrogens with one attached hydrogen (secondary N) is 1. The number of carbonyl (C=O) groups is 1. The Balaban J connectivity index is 2.76. The number of nitrogen functional groups attached to an aromatic ring is 1. The first-order chi connectivity index (χ1) is 8.45. The highest BCUT2D eigenvalue weighted by Gasteiger charge is 2.16. The number of anilines is 2. The number of amides is 1. The summed E-state index contributed by atoms with van der Waals surface area (Å²) in [5, 5.41) is 3.29. The maximum atomic E-state index is 11.9. The predicted molar refractivity (Wildman–Crippen MR) is 81.7 cm³/mol. The molecule has 0 saturated heterocycles. The lowest BCUT2D eigenvalue weighted by Crippen LogP contribution is -2.23. The molecule has 1 aromatic carbocycles. The number of thioether (sulfide) groups is 1. The normalized spacial score (nSPS) is 12.2. The van der Waals surface area contributed by atoms with E-state index in [9.17, 15) is 4.79 Å². The van der Waals surface area contributed by atoms with Crippen molar-refractivity contribution < 1.29 is 4.79 Å². The molecule has 0 aliphatic heterocycles. The molecule has 0 aromatic heterocycles. The second-order valence-corrected chi connectivity index (χ2v) is 6.12. The lowest BCUT2D eigenvalue weighted by Gasteiger charge is -2.14. The molecule has 0 aliphatic carbocycles. The Hall–Kier alpha value is -0.580. The molecule has 1 unspecified atom stereocenters. The largest absolute Gasteiger partial charge is 0.399 e. The van der Waals surface area contributed by atoms with Gasteiger partial charge in [-0.05, 0) is 31.2 Å². The van der Waals surface area contributed by atoms with Gasteiger partial charge in [-0.15, -0.1) is 11.8 Å². The minimum atomic E-state index is -0.144. The van der Waals surface area contributed by atoms with Crippen LogP contribution in [-0.2, 0) is 4.79 Å². The molecule has 0 bridgehead atoms. The van der Waals surface area contributed by atoms with Gasteiger partial charge in [0.2, 0.25) is 5.91 Å². The molecular weight excluding hydrogens is 291 g/mol. The van der Waals surface area contributed by atoms with Gasteiger partial charge in [-0.3, -0.25) is 4.79 Å². The molecule has 6 heteroatoms. The van der Waals surface area contributed by atoms with Crippen molar-refractivity contribution in [1.29, 1.82) is 0 Å². The van der Waals surface area contributed by atoms with E-state index in [2.05, 4.69) is 12.2 Å². The van der Waals surface area contributed by atoms with Gasteiger partial charge in [0.05, 0.1) is 21.0 Å². The van der Waals surface area contributed by atoms with E-state index in [-0.39, 0.29) is 11.2 Å². The first-order valence-electron chi connectivity index (χ1n) is 5.62. The molecule has 0 saturated carbocycles. The maximum Gasteiger partial charge on any atom is 0.237 e. The lowest BCUT2D eigenvalue weighted by atomic mass is 10.2. The quantitative estimate of drug-likeness (QED) is 0.807. The van der Waals surface area contributed by atoms with E-state index in [0.29, 0.717) is 21.4 Å². The monoisotopic (exact) mass is 306 g/mol. The molecular formula is C12H16Cl2N2OS. The molecule has 0 fully saturated rings. The van der Waals surface area contributed by atoms with Crippen LogP contribution in [0.3, 0.4) is 0 Å². The number of hydrogen-bond acceptors (Lipinski definition) is 3. The molecule has 0 aliphatic rings. The summed E-state index contributed by atoms with van der Waals surface area (Å²) < 4.78 is 0. The van der Waals surface area contributed by atoms with E-state index in [1.54, 1.807) is 23.9 Å². The Kier molecular flexibility index (Phi) is 6.12. The standard InChI is InChI=1S/C12H16Cl2N2OS/c1-3-4-18-7(2)12(17)16-11-9(13)5-8(15)6-10(11)14/h5-7H,3-4,15H2,1-2H3,(H,16,17). The van der Waals surface area contributed by atoms with Crippen molar-refractivity contribution in [3.8, 4) is 0 Å². The molecule has 1 amide bonds. The van der Waals surface area contributed by atoms with Gasteiger partial charge in [0.25, 0.3) is 0 Å². The van der Waals surface area contributed by atoms with Crippen LogP contribution < -0.4 is 11.1 Å². The second kappa shape index (κ2) is 7.12. The van der Waals surface area contributed by atoms with Gasteiger partial charge in [0, 0.05) is 5.69 Å². The van der Waals surface area contributed by atoms with Crippen LogP contribution in [-0.4, -0.2) is 16.9 Å². The molecule has 0 heterocycles. The van der Waals surface area contributed by atoms with Gasteiger partial charge in [-0.25, -0.2) is 0 Å². The zero-order valence-corrected chi connectivity index (χ0v) is 12.6. The van der Waals surface area contributed by atoms with Crippen molar-refractivity contribution in [3.63, 3.8) is 0 Å². The highest BCUT2D eigenvalue weighted by molar-refractivity contribution is 8.00. The number of carbonyl (C=O) groups excluding carboxylic acids is 1. The Labute approximate surface area is 121 Å². The fourth-order valence-corrected chi connectivity index (χ4v) is 2.71. The highest BCUT2D eigenvalue weighted by atomic mass is 35.5. The lowest BCUT2D eigenvalue weighted by molar-refractivity contribution is -0.115. The van der Waals surface area contributed by atoms with Crippen LogP contribution in [0.25, 0.3) is 0 Å². The van der Waals surface area contributed by atoms with Crippen LogP contribution in [0.15, 0.2) is 12.1 Å². The molecule has 3 N–H and O–H groups in total. The third-order valence-electron chi connectivity index (χ3n) is 2.25. The van der Waals surface area contributed by atoms with Crippen molar-refractivity contribution in [2.75, 3.05) is 16.8 Å². The topological polar surface area (TPSA) is 55.1 Å².